The molecule has 1 unspecified atom stereocenters. The van der Waals surface area contributed by atoms with Crippen molar-refractivity contribution in [2.75, 3.05) is 20.1 Å². The molecule has 7 heteroatoms. The number of hydrogen-bond acceptors (Lipinski definition) is 1. The van der Waals surface area contributed by atoms with Crippen LogP contribution in [-0.2, 0) is 0 Å². The second-order valence-electron chi connectivity index (χ2n) is 4.51. The molecule has 0 amide bonds. The lowest BCUT2D eigenvalue weighted by Crippen LogP contribution is -2.46. The van der Waals surface area contributed by atoms with Crippen LogP contribution in [0, 0.1) is 0 Å². The van der Waals surface area contributed by atoms with E-state index in [0.717, 1.165) is 6.17 Å². The van der Waals surface area contributed by atoms with Crippen molar-refractivity contribution in [2.24, 2.45) is 0 Å². The van der Waals surface area contributed by atoms with E-state index in [0.29, 0.717) is 0 Å². The molecule has 0 saturated carbocycles. The molecule has 17 heavy (non-hydrogen) atoms. The van der Waals surface area contributed by atoms with Crippen LogP contribution in [0.5, 0.6) is 0 Å². The first-order chi connectivity index (χ1) is 7.88. The van der Waals surface area contributed by atoms with Crippen molar-refractivity contribution in [3.05, 3.63) is 0 Å². The van der Waals surface area contributed by atoms with Crippen LogP contribution in [0.15, 0.2) is 0 Å². The van der Waals surface area contributed by atoms with Crippen LogP contribution in [0.3, 0.4) is 0 Å². The highest BCUT2D eigenvalue weighted by molar-refractivity contribution is 6.50. The third kappa shape index (κ3) is 6.39. The highest BCUT2D eigenvalue weighted by Gasteiger charge is 2.41. The van der Waals surface area contributed by atoms with Crippen LogP contribution in [-0.4, -0.2) is 56.9 Å². The molecule has 2 nitrogen and oxygen atoms in total. The number of fused-ring (bicyclic) bond motifs is 1. The fourth-order valence-corrected chi connectivity index (χ4v) is 2.38. The molecule has 0 N–H and O–H groups in total. The van der Waals surface area contributed by atoms with Gasteiger partial charge in [0.2, 0.25) is 6.17 Å². The van der Waals surface area contributed by atoms with Crippen molar-refractivity contribution in [2.45, 2.75) is 38.3 Å². The summed E-state index contributed by atoms with van der Waals surface area (Å²) in [5, 5.41) is 0. The first kappa shape index (κ1) is 14.9. The SMILES string of the molecule is CN1CCC[N+]2=CCCCCC12.[F][Al-]([F])([F])[F]. The average Bonchev–Trinajstić information content (AvgIpc) is 2.41. The summed E-state index contributed by atoms with van der Waals surface area (Å²) in [6.45, 7) is 2.57. The van der Waals surface area contributed by atoms with Gasteiger partial charge in [0.25, 0.3) is 0 Å². The minimum atomic E-state index is -6.83. The molecule has 2 rings (SSSR count). The zero-order valence-corrected chi connectivity index (χ0v) is 11.2. The Kier molecular flexibility index (Phi) is 5.90. The van der Waals surface area contributed by atoms with E-state index in [1.807, 2.05) is 0 Å². The molecule has 2 aliphatic heterocycles. The minimum Gasteiger partial charge on any atom is -0.510 e. The Balaban J connectivity index is 0.000000249. The highest BCUT2D eigenvalue weighted by Crippen LogP contribution is 2.17. The molecule has 0 bridgehead atoms. The van der Waals surface area contributed by atoms with E-state index in [-0.39, 0.29) is 0 Å². The molecule has 0 aromatic rings. The minimum absolute atomic E-state index is 0.723. The smallest absolute Gasteiger partial charge is 0.510 e. The van der Waals surface area contributed by atoms with Crippen LogP contribution in [0.4, 0.5) is 14.1 Å². The standard InChI is InChI=1S/C10H19N2.Al.4FH/c1-11-7-5-9-12-8-4-2-3-6-10(11)12;;;;;/h8,10H,2-7,9H2,1H3;;4*1H/q+1;+3;;;;/p-4. The maximum Gasteiger partial charge on any atom is 1.04 e. The van der Waals surface area contributed by atoms with Gasteiger partial charge in [-0.3, -0.25) is 0 Å². The summed E-state index contributed by atoms with van der Waals surface area (Å²) >= 11 is -6.83. The van der Waals surface area contributed by atoms with Gasteiger partial charge in [0, 0.05) is 25.8 Å². The topological polar surface area (TPSA) is 6.25 Å². The lowest BCUT2D eigenvalue weighted by molar-refractivity contribution is -0.598. The van der Waals surface area contributed by atoms with E-state index in [2.05, 4.69) is 22.7 Å². The second kappa shape index (κ2) is 6.72. The molecule has 0 aliphatic carbocycles. The third-order valence-corrected chi connectivity index (χ3v) is 3.10. The van der Waals surface area contributed by atoms with Crippen LogP contribution >= 0.6 is 0 Å². The van der Waals surface area contributed by atoms with Crippen LogP contribution in [0.25, 0.3) is 0 Å². The molecule has 2 heterocycles. The Morgan fingerprint density at radius 1 is 1.18 bits per heavy atom. The zero-order valence-electron chi connectivity index (χ0n) is 10.1. The maximum atomic E-state index is 9.85. The first-order valence-electron chi connectivity index (χ1n) is 6.04. The van der Waals surface area contributed by atoms with Crippen LogP contribution in [0.2, 0.25) is 0 Å². The molecule has 0 aromatic heterocycles. The Hall–Kier alpha value is -0.118. The monoisotopic (exact) mass is 270 g/mol. The zero-order chi connectivity index (χ0) is 12.9. The highest BCUT2D eigenvalue weighted by atomic mass is 27.5. The fraction of sp³-hybridized carbons (Fsp3) is 0.900. The van der Waals surface area contributed by atoms with E-state index >= 15 is 0 Å². The predicted molar refractivity (Wildman–Crippen MR) is 60.9 cm³/mol. The van der Waals surface area contributed by atoms with E-state index < -0.39 is 14.9 Å². The van der Waals surface area contributed by atoms with Gasteiger partial charge in [0.1, 0.15) is 12.8 Å². The van der Waals surface area contributed by atoms with Crippen molar-refractivity contribution >= 4 is 21.1 Å². The molecular formula is C10H19AlF4N2. The number of halogens is 4. The fourth-order valence-electron chi connectivity index (χ4n) is 2.38. The lowest BCUT2D eigenvalue weighted by Gasteiger charge is -2.29. The molecular weight excluding hydrogens is 251 g/mol. The van der Waals surface area contributed by atoms with Gasteiger partial charge in [0.05, 0.1) is 0 Å². The van der Waals surface area contributed by atoms with Crippen molar-refractivity contribution in [1.82, 2.24) is 4.90 Å². The van der Waals surface area contributed by atoms with Gasteiger partial charge in [-0.25, -0.2) is 9.48 Å². The van der Waals surface area contributed by atoms with Crippen molar-refractivity contribution in [3.63, 3.8) is 0 Å². The van der Waals surface area contributed by atoms with Gasteiger partial charge < -0.3 is 14.1 Å². The van der Waals surface area contributed by atoms with Gasteiger partial charge in [-0.05, 0) is 19.9 Å². The van der Waals surface area contributed by atoms with Gasteiger partial charge in [-0.2, -0.15) is 0 Å². The first-order valence-corrected chi connectivity index (χ1v) is 7.79. The van der Waals surface area contributed by atoms with E-state index in [1.165, 1.54) is 45.2 Å². The van der Waals surface area contributed by atoms with Crippen molar-refractivity contribution in [1.29, 1.82) is 0 Å². The second-order valence-corrected chi connectivity index (χ2v) is 5.50. The largest absolute Gasteiger partial charge is 1.04 e. The summed E-state index contributed by atoms with van der Waals surface area (Å²) in [5.41, 5.74) is 0. The summed E-state index contributed by atoms with van der Waals surface area (Å²) < 4.78 is 42.0. The average molecular weight is 270 g/mol. The molecule has 1 fully saturated rings. The Bertz CT molecular complexity index is 262. The van der Waals surface area contributed by atoms with Crippen molar-refractivity contribution in [3.8, 4) is 0 Å². The summed E-state index contributed by atoms with van der Waals surface area (Å²) in [4.78, 5) is 2.51. The number of hydrogen-bond donors (Lipinski definition) is 0. The van der Waals surface area contributed by atoms with E-state index in [4.69, 9.17) is 0 Å². The Labute approximate surface area is 103 Å². The van der Waals surface area contributed by atoms with Gasteiger partial charge >= 0.3 is 14.9 Å². The molecule has 0 aromatic carbocycles. The summed E-state index contributed by atoms with van der Waals surface area (Å²) in [6, 6.07) is 0. The van der Waals surface area contributed by atoms with Gasteiger partial charge in [-0.1, -0.05) is 0 Å². The summed E-state index contributed by atoms with van der Waals surface area (Å²) in [7, 11) is 2.26. The molecule has 0 spiro atoms. The quantitative estimate of drug-likeness (QED) is 0.372. The Morgan fingerprint density at radius 2 is 1.82 bits per heavy atom. The van der Waals surface area contributed by atoms with Crippen molar-refractivity contribution < 1.29 is 18.7 Å². The molecule has 0 radical (unpaired) electrons. The number of rotatable bonds is 0. The number of nitrogens with zero attached hydrogens (tertiary/aromatic N) is 2. The predicted octanol–water partition coefficient (Wildman–Crippen LogP) is 2.61. The lowest BCUT2D eigenvalue weighted by atomic mass is 10.1. The van der Waals surface area contributed by atoms with Gasteiger partial charge in [0.15, 0.2) is 0 Å². The molecule has 2 aliphatic rings. The maximum absolute atomic E-state index is 9.85. The third-order valence-electron chi connectivity index (χ3n) is 3.10. The summed E-state index contributed by atoms with van der Waals surface area (Å²) in [6.07, 6.45) is 9.94. The summed E-state index contributed by atoms with van der Waals surface area (Å²) in [5.74, 6) is 0. The van der Waals surface area contributed by atoms with Crippen LogP contribution in [0.1, 0.15) is 32.1 Å². The van der Waals surface area contributed by atoms with E-state index in [9.17, 15) is 14.1 Å². The normalized spacial score (nSPS) is 26.2. The molecule has 1 atom stereocenters. The molecule has 1 saturated heterocycles. The van der Waals surface area contributed by atoms with Crippen LogP contribution < -0.4 is 0 Å². The molecule has 100 valence electrons. The Morgan fingerprint density at radius 3 is 2.47 bits per heavy atom. The van der Waals surface area contributed by atoms with Gasteiger partial charge in [-0.15, -0.1) is 0 Å². The van der Waals surface area contributed by atoms with E-state index in [1.54, 1.807) is 0 Å².